The summed E-state index contributed by atoms with van der Waals surface area (Å²) in [5.41, 5.74) is 7.52. The number of nitrogens with one attached hydrogen (secondary N) is 1. The normalized spacial score (nSPS) is 16.1. The molecular formula is C18H19BrF2IN3O2. The van der Waals surface area contributed by atoms with Crippen molar-refractivity contribution in [3.63, 3.8) is 0 Å². The molecule has 0 spiro atoms. The van der Waals surface area contributed by atoms with E-state index in [0.29, 0.717) is 12.2 Å². The number of guanidine groups is 1. The lowest BCUT2D eigenvalue weighted by Crippen LogP contribution is -2.37. The number of fused-ring (bicyclic) bond motifs is 1. The van der Waals surface area contributed by atoms with Gasteiger partial charge in [0, 0.05) is 22.0 Å². The zero-order valence-electron chi connectivity index (χ0n) is 14.2. The largest absolute Gasteiger partial charge is 0.493 e. The number of para-hydroxylation sites is 1. The maximum absolute atomic E-state index is 12.5. The summed E-state index contributed by atoms with van der Waals surface area (Å²) in [6.07, 6.45) is 0.754. The van der Waals surface area contributed by atoms with Gasteiger partial charge >= 0.3 is 6.61 Å². The van der Waals surface area contributed by atoms with E-state index in [-0.39, 0.29) is 48.3 Å². The molecule has 1 aliphatic rings. The average Bonchev–Trinajstić information content (AvgIpc) is 2.62. The standard InChI is InChI=1S/C18H18BrF2N3O2.HI/c19-12-5-6-15(26-17(20)21)11(9-12)10-23-18(22)24-14-7-8-25-16-4-2-1-3-13(14)16;/h1-6,9,14,17H,7-8,10H2,(H3,22,23,24);1H. The van der Waals surface area contributed by atoms with Crippen molar-refractivity contribution in [3.8, 4) is 11.5 Å². The lowest BCUT2D eigenvalue weighted by Gasteiger charge is -2.27. The molecule has 0 saturated carbocycles. The highest BCUT2D eigenvalue weighted by Gasteiger charge is 2.21. The molecule has 1 aliphatic heterocycles. The van der Waals surface area contributed by atoms with E-state index in [9.17, 15) is 8.78 Å². The van der Waals surface area contributed by atoms with Crippen LogP contribution in [-0.2, 0) is 6.54 Å². The first-order valence-electron chi connectivity index (χ1n) is 8.04. The molecule has 0 radical (unpaired) electrons. The average molecular weight is 554 g/mol. The number of halogens is 4. The molecule has 2 aromatic rings. The molecule has 0 fully saturated rings. The molecule has 0 aromatic heterocycles. The van der Waals surface area contributed by atoms with E-state index in [0.717, 1.165) is 22.2 Å². The van der Waals surface area contributed by atoms with Gasteiger partial charge in [0.05, 0.1) is 19.2 Å². The van der Waals surface area contributed by atoms with E-state index in [1.54, 1.807) is 12.1 Å². The lowest BCUT2D eigenvalue weighted by atomic mass is 10.0. The first-order chi connectivity index (χ1) is 12.5. The van der Waals surface area contributed by atoms with Crippen LogP contribution in [0.3, 0.4) is 0 Å². The Morgan fingerprint density at radius 2 is 2.11 bits per heavy atom. The van der Waals surface area contributed by atoms with Crippen LogP contribution in [0.4, 0.5) is 8.78 Å². The fourth-order valence-electron chi connectivity index (χ4n) is 2.77. The van der Waals surface area contributed by atoms with E-state index in [1.165, 1.54) is 6.07 Å². The monoisotopic (exact) mass is 553 g/mol. The lowest BCUT2D eigenvalue weighted by molar-refractivity contribution is -0.0504. The molecule has 3 N–H and O–H groups in total. The predicted octanol–water partition coefficient (Wildman–Crippen LogP) is 4.60. The molecule has 5 nitrogen and oxygen atoms in total. The second-order valence-electron chi connectivity index (χ2n) is 5.70. The van der Waals surface area contributed by atoms with Crippen molar-refractivity contribution in [3.05, 3.63) is 58.1 Å². The van der Waals surface area contributed by atoms with Crippen molar-refractivity contribution in [2.75, 3.05) is 6.61 Å². The Balaban J connectivity index is 0.00000261. The smallest absolute Gasteiger partial charge is 0.387 e. The summed E-state index contributed by atoms with van der Waals surface area (Å²) in [5.74, 6) is 1.13. The van der Waals surface area contributed by atoms with Crippen LogP contribution in [0.1, 0.15) is 23.6 Å². The summed E-state index contributed by atoms with van der Waals surface area (Å²) in [5, 5.41) is 3.17. The number of alkyl halides is 2. The zero-order valence-corrected chi connectivity index (χ0v) is 18.1. The number of hydrogen-bond donors (Lipinski definition) is 2. The fraction of sp³-hybridized carbons (Fsp3) is 0.278. The first-order valence-corrected chi connectivity index (χ1v) is 8.83. The SMILES string of the molecule is I.NC(=NCc1cc(Br)ccc1OC(F)F)NC1CCOc2ccccc21. The molecule has 0 aliphatic carbocycles. The van der Waals surface area contributed by atoms with Crippen molar-refractivity contribution in [1.82, 2.24) is 5.32 Å². The van der Waals surface area contributed by atoms with Gasteiger partial charge in [0.25, 0.3) is 0 Å². The van der Waals surface area contributed by atoms with Gasteiger partial charge < -0.3 is 20.5 Å². The summed E-state index contributed by atoms with van der Waals surface area (Å²) in [7, 11) is 0. The molecule has 9 heteroatoms. The Morgan fingerprint density at radius 3 is 2.89 bits per heavy atom. The van der Waals surface area contributed by atoms with Gasteiger partial charge in [0.1, 0.15) is 11.5 Å². The summed E-state index contributed by atoms with van der Waals surface area (Å²) < 4.78 is 36.0. The minimum absolute atomic E-state index is 0. The van der Waals surface area contributed by atoms with E-state index in [4.69, 9.17) is 10.5 Å². The van der Waals surface area contributed by atoms with Crippen molar-refractivity contribution < 1.29 is 18.3 Å². The van der Waals surface area contributed by atoms with E-state index in [1.807, 2.05) is 24.3 Å². The minimum Gasteiger partial charge on any atom is -0.493 e. The third-order valence-electron chi connectivity index (χ3n) is 3.94. The number of ether oxygens (including phenoxy) is 2. The Kier molecular flexibility index (Phi) is 8.08. The molecule has 1 atom stereocenters. The predicted molar refractivity (Wildman–Crippen MR) is 114 cm³/mol. The summed E-state index contributed by atoms with van der Waals surface area (Å²) >= 11 is 3.31. The van der Waals surface area contributed by atoms with Gasteiger partial charge in [-0.25, -0.2) is 4.99 Å². The van der Waals surface area contributed by atoms with E-state index < -0.39 is 6.61 Å². The first kappa shape index (κ1) is 21.7. The Hall–Kier alpha value is -1.62. The van der Waals surface area contributed by atoms with Gasteiger partial charge in [-0.1, -0.05) is 34.1 Å². The third-order valence-corrected chi connectivity index (χ3v) is 4.43. The summed E-state index contributed by atoms with van der Waals surface area (Å²) in [4.78, 5) is 4.27. The van der Waals surface area contributed by atoms with Crippen LogP contribution < -0.4 is 20.5 Å². The molecule has 1 unspecified atom stereocenters. The zero-order chi connectivity index (χ0) is 18.5. The minimum atomic E-state index is -2.90. The molecule has 0 bridgehead atoms. The quantitative estimate of drug-likeness (QED) is 0.323. The molecule has 1 heterocycles. The van der Waals surface area contributed by atoms with Crippen molar-refractivity contribution in [2.45, 2.75) is 25.6 Å². The number of aliphatic imine (C=N–C) groups is 1. The maximum atomic E-state index is 12.5. The fourth-order valence-corrected chi connectivity index (χ4v) is 3.18. The van der Waals surface area contributed by atoms with Gasteiger partial charge in [-0.2, -0.15) is 8.78 Å². The number of nitrogens with two attached hydrogens (primary N) is 1. The highest BCUT2D eigenvalue weighted by atomic mass is 127. The Labute approximate surface area is 181 Å². The maximum Gasteiger partial charge on any atom is 0.387 e. The number of rotatable bonds is 5. The van der Waals surface area contributed by atoms with Crippen LogP contribution in [0, 0.1) is 0 Å². The number of benzene rings is 2. The van der Waals surface area contributed by atoms with Crippen molar-refractivity contribution in [1.29, 1.82) is 0 Å². The molecule has 146 valence electrons. The van der Waals surface area contributed by atoms with Crippen LogP contribution in [0.5, 0.6) is 11.5 Å². The molecular weight excluding hydrogens is 535 g/mol. The van der Waals surface area contributed by atoms with Gasteiger partial charge in [0.2, 0.25) is 0 Å². The van der Waals surface area contributed by atoms with Crippen LogP contribution in [0.2, 0.25) is 0 Å². The van der Waals surface area contributed by atoms with E-state index in [2.05, 4.69) is 31.0 Å². The van der Waals surface area contributed by atoms with Crippen LogP contribution >= 0.6 is 39.9 Å². The third kappa shape index (κ3) is 5.93. The molecule has 27 heavy (non-hydrogen) atoms. The summed E-state index contributed by atoms with van der Waals surface area (Å²) in [6.45, 7) is -2.20. The van der Waals surface area contributed by atoms with Crippen molar-refractivity contribution in [2.24, 2.45) is 10.7 Å². The van der Waals surface area contributed by atoms with Gasteiger partial charge in [-0.15, -0.1) is 24.0 Å². The topological polar surface area (TPSA) is 68.9 Å². The van der Waals surface area contributed by atoms with Crippen LogP contribution in [0.15, 0.2) is 51.9 Å². The molecule has 0 amide bonds. The molecule has 0 saturated heterocycles. The molecule has 2 aromatic carbocycles. The second kappa shape index (κ2) is 10.1. The summed E-state index contributed by atoms with van der Waals surface area (Å²) in [6, 6.07) is 12.5. The highest BCUT2D eigenvalue weighted by Crippen LogP contribution is 2.31. The second-order valence-corrected chi connectivity index (χ2v) is 6.62. The molecule has 3 rings (SSSR count). The Morgan fingerprint density at radius 1 is 1.33 bits per heavy atom. The Bertz CT molecular complexity index is 808. The van der Waals surface area contributed by atoms with E-state index >= 15 is 0 Å². The van der Waals surface area contributed by atoms with Gasteiger partial charge in [-0.05, 0) is 24.3 Å². The van der Waals surface area contributed by atoms with Crippen LogP contribution in [-0.4, -0.2) is 19.2 Å². The van der Waals surface area contributed by atoms with Gasteiger partial charge in [0.15, 0.2) is 5.96 Å². The van der Waals surface area contributed by atoms with Crippen LogP contribution in [0.25, 0.3) is 0 Å². The highest BCUT2D eigenvalue weighted by molar-refractivity contribution is 14.0. The number of hydrogen-bond acceptors (Lipinski definition) is 3. The van der Waals surface area contributed by atoms with Crippen molar-refractivity contribution >= 4 is 45.9 Å². The van der Waals surface area contributed by atoms with Gasteiger partial charge in [-0.3, -0.25) is 0 Å². The number of nitrogens with zero attached hydrogens (tertiary/aromatic N) is 1.